The van der Waals surface area contributed by atoms with Crippen LogP contribution in [-0.2, 0) is 4.79 Å². The minimum absolute atomic E-state index is 0.118. The molecule has 0 aliphatic rings. The number of carbonyl (C=O) groups excluding carboxylic acids is 1. The molecule has 0 aromatic heterocycles. The Kier molecular flexibility index (Phi) is 3.41. The Labute approximate surface area is 90.9 Å². The number of rotatable bonds is 2. The van der Waals surface area contributed by atoms with Crippen molar-refractivity contribution < 1.29 is 18.0 Å². The first-order chi connectivity index (χ1) is 7.30. The molecule has 0 saturated carbocycles. The monoisotopic (exact) mass is 232 g/mol. The molecular formula is C10H11F3N2O. The average Bonchev–Trinajstić information content (AvgIpc) is 2.17. The van der Waals surface area contributed by atoms with E-state index >= 15 is 0 Å². The van der Waals surface area contributed by atoms with E-state index in [1.54, 1.807) is 22.3 Å². The lowest BCUT2D eigenvalue weighted by Crippen LogP contribution is -2.29. The third-order valence-electron chi connectivity index (χ3n) is 1.90. The molecule has 0 atom stereocenters. The Bertz CT molecular complexity index is 371. The van der Waals surface area contributed by atoms with Gasteiger partial charge in [-0.15, -0.1) is 0 Å². The zero-order valence-corrected chi connectivity index (χ0v) is 8.80. The highest BCUT2D eigenvalue weighted by Gasteiger charge is 2.38. The fraction of sp³-hybridized carbons (Fsp3) is 0.300. The summed E-state index contributed by atoms with van der Waals surface area (Å²) in [6.45, 7) is 0. The van der Waals surface area contributed by atoms with Gasteiger partial charge >= 0.3 is 12.1 Å². The maximum atomic E-state index is 11.9. The van der Waals surface area contributed by atoms with Gasteiger partial charge in [-0.25, -0.2) is 0 Å². The van der Waals surface area contributed by atoms with Gasteiger partial charge in [-0.3, -0.25) is 4.79 Å². The predicted octanol–water partition coefficient (Wildman–Crippen LogP) is 2.25. The molecule has 3 nitrogen and oxygen atoms in total. The van der Waals surface area contributed by atoms with E-state index < -0.39 is 12.1 Å². The largest absolute Gasteiger partial charge is 0.471 e. The molecule has 1 rings (SSSR count). The van der Waals surface area contributed by atoms with Crippen molar-refractivity contribution in [3.05, 3.63) is 24.3 Å². The molecule has 0 spiro atoms. The topological polar surface area (TPSA) is 32.3 Å². The smallest absolute Gasteiger partial charge is 0.378 e. The lowest BCUT2D eigenvalue weighted by atomic mass is 10.2. The Morgan fingerprint density at radius 3 is 2.06 bits per heavy atom. The molecule has 1 aromatic rings. The Balaban J connectivity index is 2.73. The normalized spacial score (nSPS) is 11.1. The van der Waals surface area contributed by atoms with Gasteiger partial charge in [0.05, 0.1) is 0 Å². The number of alkyl halides is 3. The van der Waals surface area contributed by atoms with Crippen molar-refractivity contribution in [3.8, 4) is 0 Å². The highest BCUT2D eigenvalue weighted by molar-refractivity contribution is 5.95. The predicted molar refractivity (Wildman–Crippen MR) is 55.5 cm³/mol. The number of amides is 1. The van der Waals surface area contributed by atoms with Gasteiger partial charge in [0.15, 0.2) is 0 Å². The molecule has 0 aliphatic heterocycles. The van der Waals surface area contributed by atoms with Crippen LogP contribution in [0.2, 0.25) is 0 Å². The molecule has 0 heterocycles. The van der Waals surface area contributed by atoms with Crippen LogP contribution in [0.25, 0.3) is 0 Å². The van der Waals surface area contributed by atoms with Crippen molar-refractivity contribution in [2.24, 2.45) is 0 Å². The van der Waals surface area contributed by atoms with Crippen LogP contribution in [0.15, 0.2) is 24.3 Å². The summed E-state index contributed by atoms with van der Waals surface area (Å²) >= 11 is 0. The third kappa shape index (κ3) is 3.15. The van der Waals surface area contributed by atoms with E-state index in [0.717, 1.165) is 5.69 Å². The van der Waals surface area contributed by atoms with Gasteiger partial charge in [0, 0.05) is 25.5 Å². The highest BCUT2D eigenvalue weighted by Crippen LogP contribution is 2.20. The second kappa shape index (κ2) is 4.42. The number of hydrogen-bond acceptors (Lipinski definition) is 2. The van der Waals surface area contributed by atoms with Crippen molar-refractivity contribution in [2.75, 3.05) is 24.3 Å². The van der Waals surface area contributed by atoms with Crippen molar-refractivity contribution in [1.82, 2.24) is 0 Å². The van der Waals surface area contributed by atoms with Crippen LogP contribution in [0.5, 0.6) is 0 Å². The summed E-state index contributed by atoms with van der Waals surface area (Å²) in [4.78, 5) is 12.4. The fourth-order valence-electron chi connectivity index (χ4n) is 1.04. The summed E-state index contributed by atoms with van der Waals surface area (Å²) in [5.74, 6) is -1.97. The minimum atomic E-state index is -4.86. The first-order valence-corrected chi connectivity index (χ1v) is 4.46. The van der Waals surface area contributed by atoms with E-state index in [4.69, 9.17) is 0 Å². The first-order valence-electron chi connectivity index (χ1n) is 4.46. The molecule has 1 aromatic carbocycles. The quantitative estimate of drug-likeness (QED) is 0.848. The van der Waals surface area contributed by atoms with Crippen molar-refractivity contribution in [3.63, 3.8) is 0 Å². The lowest BCUT2D eigenvalue weighted by molar-refractivity contribution is -0.167. The molecule has 0 radical (unpaired) electrons. The summed E-state index contributed by atoms with van der Waals surface area (Å²) in [6, 6.07) is 6.07. The maximum absolute atomic E-state index is 11.9. The van der Waals surface area contributed by atoms with Crippen LogP contribution in [0.1, 0.15) is 0 Å². The molecule has 0 fully saturated rings. The van der Waals surface area contributed by atoms with Gasteiger partial charge in [0.25, 0.3) is 0 Å². The fourth-order valence-corrected chi connectivity index (χ4v) is 1.04. The number of carbonyl (C=O) groups is 1. The lowest BCUT2D eigenvalue weighted by Gasteiger charge is -2.13. The average molecular weight is 232 g/mol. The van der Waals surface area contributed by atoms with Crippen molar-refractivity contribution >= 4 is 17.3 Å². The van der Waals surface area contributed by atoms with E-state index in [-0.39, 0.29) is 5.69 Å². The van der Waals surface area contributed by atoms with E-state index in [2.05, 4.69) is 0 Å². The number of benzene rings is 1. The summed E-state index contributed by atoms with van der Waals surface area (Å²) < 4.78 is 35.8. The van der Waals surface area contributed by atoms with E-state index in [0.29, 0.717) is 0 Å². The second-order valence-electron chi connectivity index (χ2n) is 3.39. The SMILES string of the molecule is CN(C)c1ccc(NC(=O)C(F)(F)F)cc1. The molecule has 0 unspecified atom stereocenters. The maximum Gasteiger partial charge on any atom is 0.471 e. The van der Waals surface area contributed by atoms with E-state index in [1.165, 1.54) is 12.1 Å². The first kappa shape index (κ1) is 12.4. The van der Waals surface area contributed by atoms with Gasteiger partial charge in [-0.05, 0) is 24.3 Å². The molecule has 88 valence electrons. The van der Waals surface area contributed by atoms with E-state index in [9.17, 15) is 18.0 Å². The van der Waals surface area contributed by atoms with Crippen molar-refractivity contribution in [2.45, 2.75) is 6.18 Å². The number of nitrogens with zero attached hydrogens (tertiary/aromatic N) is 1. The zero-order valence-electron chi connectivity index (χ0n) is 8.80. The molecule has 0 bridgehead atoms. The standard InChI is InChI=1S/C10H11F3N2O/c1-15(2)8-5-3-7(4-6-8)14-9(16)10(11,12)13/h3-6H,1-2H3,(H,14,16). The molecule has 0 saturated heterocycles. The Hall–Kier alpha value is -1.72. The zero-order chi connectivity index (χ0) is 12.3. The van der Waals surface area contributed by atoms with Gasteiger partial charge in [0.1, 0.15) is 0 Å². The molecule has 1 amide bonds. The van der Waals surface area contributed by atoms with Gasteiger partial charge in [-0.2, -0.15) is 13.2 Å². The molecule has 0 aliphatic carbocycles. The minimum Gasteiger partial charge on any atom is -0.378 e. The number of hydrogen-bond donors (Lipinski definition) is 1. The Morgan fingerprint density at radius 2 is 1.69 bits per heavy atom. The summed E-state index contributed by atoms with van der Waals surface area (Å²) in [6.07, 6.45) is -4.86. The number of halogens is 3. The van der Waals surface area contributed by atoms with Crippen LogP contribution in [0.4, 0.5) is 24.5 Å². The van der Waals surface area contributed by atoms with Crippen LogP contribution in [0, 0.1) is 0 Å². The van der Waals surface area contributed by atoms with Crippen LogP contribution < -0.4 is 10.2 Å². The molecule has 6 heteroatoms. The molecular weight excluding hydrogens is 221 g/mol. The van der Waals surface area contributed by atoms with Gasteiger partial charge in [-0.1, -0.05) is 0 Å². The van der Waals surface area contributed by atoms with Gasteiger partial charge in [0.2, 0.25) is 0 Å². The Morgan fingerprint density at radius 1 is 1.19 bits per heavy atom. The molecule has 16 heavy (non-hydrogen) atoms. The summed E-state index contributed by atoms with van der Waals surface area (Å²) in [5.41, 5.74) is 0.956. The third-order valence-corrected chi connectivity index (χ3v) is 1.90. The highest BCUT2D eigenvalue weighted by atomic mass is 19.4. The van der Waals surface area contributed by atoms with Crippen LogP contribution >= 0.6 is 0 Å². The van der Waals surface area contributed by atoms with E-state index in [1.807, 2.05) is 14.1 Å². The van der Waals surface area contributed by atoms with Gasteiger partial charge < -0.3 is 10.2 Å². The summed E-state index contributed by atoms with van der Waals surface area (Å²) in [5, 5.41) is 1.77. The van der Waals surface area contributed by atoms with Crippen LogP contribution in [-0.4, -0.2) is 26.2 Å². The second-order valence-corrected chi connectivity index (χ2v) is 3.39. The van der Waals surface area contributed by atoms with Crippen LogP contribution in [0.3, 0.4) is 0 Å². The van der Waals surface area contributed by atoms with Crippen molar-refractivity contribution in [1.29, 1.82) is 0 Å². The number of anilines is 2. The summed E-state index contributed by atoms with van der Waals surface area (Å²) in [7, 11) is 3.62. The number of nitrogens with one attached hydrogen (secondary N) is 1. The molecule has 1 N–H and O–H groups in total.